The Morgan fingerprint density at radius 3 is 2.09 bits per heavy atom. The molecule has 0 saturated carbocycles. The molecule has 3 heteroatoms. The van der Waals surface area contributed by atoms with Gasteiger partial charge in [0.2, 0.25) is 0 Å². The lowest BCUT2D eigenvalue weighted by atomic mass is 10.7. The molecule has 0 bridgehead atoms. The fourth-order valence-corrected chi connectivity index (χ4v) is 0.751. The zero-order valence-electron chi connectivity index (χ0n) is 5.66. The fourth-order valence-electron chi connectivity index (χ4n) is 0.751. The quantitative estimate of drug-likeness (QED) is 0.608. The number of aromatic nitrogens is 2. The Morgan fingerprint density at radius 1 is 1.36 bits per heavy atom. The standard InChI is InChI=1S/C6H10N2O.2CH4/c1-3-8-5-4-7(2)6(8)9;;/h4-5H,3H2,1-2H3;2*1H4. The van der Waals surface area contributed by atoms with Crippen LogP contribution in [0.25, 0.3) is 0 Å². The number of nitrogens with zero attached hydrogens (tertiary/aromatic N) is 2. The highest BCUT2D eigenvalue weighted by atomic mass is 16.1. The van der Waals surface area contributed by atoms with Crippen LogP contribution >= 0.6 is 0 Å². The predicted molar refractivity (Wildman–Crippen MR) is 48.8 cm³/mol. The van der Waals surface area contributed by atoms with Crippen LogP contribution in [0, 0.1) is 0 Å². The molecule has 11 heavy (non-hydrogen) atoms. The third-order valence-electron chi connectivity index (χ3n) is 1.36. The Balaban J connectivity index is 0. The molecule has 66 valence electrons. The van der Waals surface area contributed by atoms with E-state index in [1.165, 1.54) is 0 Å². The molecule has 0 spiro atoms. The maximum atomic E-state index is 10.9. The summed E-state index contributed by atoms with van der Waals surface area (Å²) in [5, 5.41) is 0. The van der Waals surface area contributed by atoms with Crippen molar-refractivity contribution in [2.75, 3.05) is 0 Å². The number of hydrogen-bond acceptors (Lipinski definition) is 1. The summed E-state index contributed by atoms with van der Waals surface area (Å²) in [7, 11) is 1.74. The van der Waals surface area contributed by atoms with Gasteiger partial charge in [-0.1, -0.05) is 14.9 Å². The molecule has 0 aliphatic rings. The summed E-state index contributed by atoms with van der Waals surface area (Å²) in [5.41, 5.74) is 0.0532. The van der Waals surface area contributed by atoms with Crippen molar-refractivity contribution in [1.29, 1.82) is 0 Å². The number of rotatable bonds is 1. The maximum absolute atomic E-state index is 10.9. The molecule has 0 atom stereocenters. The molecule has 3 nitrogen and oxygen atoms in total. The van der Waals surface area contributed by atoms with E-state index in [1.807, 2.05) is 6.92 Å². The monoisotopic (exact) mass is 158 g/mol. The van der Waals surface area contributed by atoms with Crippen LogP contribution in [0.4, 0.5) is 0 Å². The molecule has 0 radical (unpaired) electrons. The highest BCUT2D eigenvalue weighted by molar-refractivity contribution is 4.78. The van der Waals surface area contributed by atoms with E-state index in [-0.39, 0.29) is 20.5 Å². The van der Waals surface area contributed by atoms with E-state index in [0.29, 0.717) is 0 Å². The van der Waals surface area contributed by atoms with E-state index in [9.17, 15) is 4.79 Å². The third kappa shape index (κ3) is 2.26. The van der Waals surface area contributed by atoms with Crippen molar-refractivity contribution >= 4 is 0 Å². The Morgan fingerprint density at radius 2 is 1.91 bits per heavy atom. The van der Waals surface area contributed by atoms with E-state index >= 15 is 0 Å². The van der Waals surface area contributed by atoms with Crippen molar-refractivity contribution in [3.63, 3.8) is 0 Å². The zero-order chi connectivity index (χ0) is 6.85. The van der Waals surface area contributed by atoms with Gasteiger partial charge in [0, 0.05) is 26.0 Å². The van der Waals surface area contributed by atoms with Crippen LogP contribution in [0.15, 0.2) is 17.2 Å². The summed E-state index contributed by atoms with van der Waals surface area (Å²) in [5.74, 6) is 0. The van der Waals surface area contributed by atoms with Crippen LogP contribution in [-0.2, 0) is 13.6 Å². The molecule has 1 aromatic rings. The van der Waals surface area contributed by atoms with Crippen molar-refractivity contribution in [1.82, 2.24) is 9.13 Å². The van der Waals surface area contributed by atoms with Gasteiger partial charge >= 0.3 is 5.69 Å². The highest BCUT2D eigenvalue weighted by Crippen LogP contribution is 1.78. The van der Waals surface area contributed by atoms with Crippen LogP contribution in [0.5, 0.6) is 0 Å². The number of hydrogen-bond donors (Lipinski definition) is 0. The average Bonchev–Trinajstić information content (AvgIpc) is 2.15. The Kier molecular flexibility index (Phi) is 5.49. The molecule has 0 amide bonds. The molecule has 1 rings (SSSR count). The topological polar surface area (TPSA) is 26.9 Å². The zero-order valence-corrected chi connectivity index (χ0v) is 5.66. The van der Waals surface area contributed by atoms with Gasteiger partial charge in [-0.3, -0.25) is 4.57 Å². The van der Waals surface area contributed by atoms with E-state index in [1.54, 1.807) is 28.6 Å². The summed E-state index contributed by atoms with van der Waals surface area (Å²) in [6.45, 7) is 2.70. The first kappa shape index (κ1) is 12.7. The van der Waals surface area contributed by atoms with Gasteiger partial charge in [0.15, 0.2) is 0 Å². The van der Waals surface area contributed by atoms with Gasteiger partial charge in [-0.15, -0.1) is 0 Å². The molecular weight excluding hydrogens is 140 g/mol. The molecule has 0 saturated heterocycles. The maximum Gasteiger partial charge on any atom is 0.327 e. The minimum atomic E-state index is 0. The van der Waals surface area contributed by atoms with Crippen LogP contribution < -0.4 is 5.69 Å². The first-order chi connectivity index (χ1) is 4.25. The van der Waals surface area contributed by atoms with Crippen LogP contribution in [-0.4, -0.2) is 9.13 Å². The van der Waals surface area contributed by atoms with E-state index in [4.69, 9.17) is 0 Å². The average molecular weight is 158 g/mol. The second kappa shape index (κ2) is 4.77. The third-order valence-corrected chi connectivity index (χ3v) is 1.36. The minimum Gasteiger partial charge on any atom is -0.302 e. The van der Waals surface area contributed by atoms with Gasteiger partial charge in [-0.05, 0) is 6.92 Å². The van der Waals surface area contributed by atoms with Gasteiger partial charge in [-0.25, -0.2) is 4.79 Å². The molecule has 0 aliphatic carbocycles. The van der Waals surface area contributed by atoms with E-state index in [2.05, 4.69) is 0 Å². The van der Waals surface area contributed by atoms with E-state index < -0.39 is 0 Å². The Bertz CT molecular complexity index is 247. The van der Waals surface area contributed by atoms with Crippen molar-refractivity contribution in [3.05, 3.63) is 22.9 Å². The summed E-state index contributed by atoms with van der Waals surface area (Å²) < 4.78 is 3.21. The SMILES string of the molecule is C.C.CCn1ccn(C)c1=O. The number of aryl methyl sites for hydroxylation is 2. The lowest BCUT2D eigenvalue weighted by Crippen LogP contribution is -2.20. The van der Waals surface area contributed by atoms with E-state index in [0.717, 1.165) is 6.54 Å². The van der Waals surface area contributed by atoms with Crippen molar-refractivity contribution < 1.29 is 0 Å². The van der Waals surface area contributed by atoms with Crippen LogP contribution in [0.1, 0.15) is 21.8 Å². The molecular formula is C8H18N2O. The van der Waals surface area contributed by atoms with Crippen molar-refractivity contribution in [2.24, 2.45) is 7.05 Å². The molecule has 0 N–H and O–H groups in total. The molecule has 1 heterocycles. The van der Waals surface area contributed by atoms with Gasteiger partial charge in [-0.2, -0.15) is 0 Å². The second-order valence-electron chi connectivity index (χ2n) is 1.98. The summed E-state index contributed by atoms with van der Waals surface area (Å²) in [4.78, 5) is 10.9. The van der Waals surface area contributed by atoms with Gasteiger partial charge in [0.1, 0.15) is 0 Å². The van der Waals surface area contributed by atoms with Gasteiger partial charge in [0.05, 0.1) is 0 Å². The number of imidazole rings is 1. The lowest BCUT2D eigenvalue weighted by Gasteiger charge is -1.89. The second-order valence-corrected chi connectivity index (χ2v) is 1.98. The summed E-state index contributed by atoms with van der Waals surface area (Å²) in [6, 6.07) is 0. The predicted octanol–water partition coefficient (Wildman–Crippen LogP) is 1.48. The normalized spacial score (nSPS) is 8.18. The Hall–Kier alpha value is -0.990. The molecule has 0 unspecified atom stereocenters. The first-order valence-corrected chi connectivity index (χ1v) is 2.97. The molecule has 0 aromatic carbocycles. The van der Waals surface area contributed by atoms with Gasteiger partial charge < -0.3 is 4.57 Å². The lowest BCUT2D eigenvalue weighted by molar-refractivity contribution is 0.694. The van der Waals surface area contributed by atoms with Crippen LogP contribution in [0.3, 0.4) is 0 Å². The summed E-state index contributed by atoms with van der Waals surface area (Å²) >= 11 is 0. The minimum absolute atomic E-state index is 0. The Labute approximate surface area is 68.3 Å². The largest absolute Gasteiger partial charge is 0.327 e. The summed E-state index contributed by atoms with van der Waals surface area (Å²) in [6.07, 6.45) is 3.54. The fraction of sp³-hybridized carbons (Fsp3) is 0.625. The smallest absolute Gasteiger partial charge is 0.302 e. The van der Waals surface area contributed by atoms with Crippen molar-refractivity contribution in [2.45, 2.75) is 28.3 Å². The highest BCUT2D eigenvalue weighted by Gasteiger charge is 1.93. The van der Waals surface area contributed by atoms with Gasteiger partial charge in [0.25, 0.3) is 0 Å². The molecule has 0 aliphatic heterocycles. The van der Waals surface area contributed by atoms with Crippen LogP contribution in [0.2, 0.25) is 0 Å². The first-order valence-electron chi connectivity index (χ1n) is 2.97. The molecule has 1 aromatic heterocycles. The van der Waals surface area contributed by atoms with Crippen molar-refractivity contribution in [3.8, 4) is 0 Å². The molecule has 0 fully saturated rings.